The van der Waals surface area contributed by atoms with E-state index in [-0.39, 0.29) is 24.0 Å². The van der Waals surface area contributed by atoms with E-state index in [1.54, 1.807) is 0 Å². The van der Waals surface area contributed by atoms with Crippen LogP contribution < -0.4 is 16.0 Å². The van der Waals surface area contributed by atoms with Gasteiger partial charge in [0.1, 0.15) is 0 Å². The molecular formula is C18H33N3O2. The maximum Gasteiger partial charge on any atom is 0.321 e. The summed E-state index contributed by atoms with van der Waals surface area (Å²) < 4.78 is 0. The molecule has 0 aromatic carbocycles. The molecule has 3 N–H and O–H groups in total. The maximum absolute atomic E-state index is 12.2. The lowest BCUT2D eigenvalue weighted by Crippen LogP contribution is -2.52. The van der Waals surface area contributed by atoms with Crippen molar-refractivity contribution in [3.05, 3.63) is 0 Å². The highest BCUT2D eigenvalue weighted by molar-refractivity contribution is 5.96. The summed E-state index contributed by atoms with van der Waals surface area (Å²) in [5.41, 5.74) is 0. The molecule has 0 saturated heterocycles. The zero-order valence-corrected chi connectivity index (χ0v) is 14.5. The average Bonchev–Trinajstić information content (AvgIpc) is 2.50. The minimum Gasteiger partial charge on any atom is -0.335 e. The van der Waals surface area contributed by atoms with Gasteiger partial charge in [0.2, 0.25) is 5.91 Å². The van der Waals surface area contributed by atoms with Crippen molar-refractivity contribution in [3.8, 4) is 0 Å². The van der Waals surface area contributed by atoms with Crippen LogP contribution in [0.5, 0.6) is 0 Å². The van der Waals surface area contributed by atoms with Crippen LogP contribution in [0.25, 0.3) is 0 Å². The monoisotopic (exact) mass is 323 g/mol. The number of rotatable bonds is 4. The molecule has 0 unspecified atom stereocenters. The molecule has 2 aliphatic carbocycles. The Kier molecular flexibility index (Phi) is 7.86. The Morgan fingerprint density at radius 3 is 1.87 bits per heavy atom. The molecule has 23 heavy (non-hydrogen) atoms. The summed E-state index contributed by atoms with van der Waals surface area (Å²) in [6.07, 6.45) is 14.3. The number of carbonyl (C=O) groups excluding carboxylic acids is 2. The van der Waals surface area contributed by atoms with Crippen molar-refractivity contribution in [1.29, 1.82) is 0 Å². The second-order valence-electron chi connectivity index (χ2n) is 7.23. The third-order valence-corrected chi connectivity index (χ3v) is 5.16. The molecule has 2 aliphatic rings. The molecule has 132 valence electrons. The SMILES string of the molecule is C[C@@H](NC1CCCCCCC1)C(=O)NC(=O)NC1CCCCC1. The van der Waals surface area contributed by atoms with Crippen LogP contribution >= 0.6 is 0 Å². The van der Waals surface area contributed by atoms with Crippen LogP contribution in [-0.4, -0.2) is 30.1 Å². The Hall–Kier alpha value is -1.10. The van der Waals surface area contributed by atoms with Crippen molar-refractivity contribution in [2.24, 2.45) is 0 Å². The minimum absolute atomic E-state index is 0.222. The van der Waals surface area contributed by atoms with Crippen LogP contribution in [0, 0.1) is 0 Å². The highest BCUT2D eigenvalue weighted by Crippen LogP contribution is 2.18. The summed E-state index contributed by atoms with van der Waals surface area (Å²) in [6.45, 7) is 1.85. The van der Waals surface area contributed by atoms with Gasteiger partial charge < -0.3 is 10.6 Å². The number of hydrogen-bond donors (Lipinski definition) is 3. The molecule has 2 fully saturated rings. The van der Waals surface area contributed by atoms with Gasteiger partial charge in [0.25, 0.3) is 0 Å². The molecule has 0 aromatic heterocycles. The summed E-state index contributed by atoms with van der Waals surface area (Å²) in [6, 6.07) is -0.0346. The molecule has 0 heterocycles. The third-order valence-electron chi connectivity index (χ3n) is 5.16. The fourth-order valence-corrected chi connectivity index (χ4v) is 3.74. The molecule has 0 aliphatic heterocycles. The van der Waals surface area contributed by atoms with E-state index >= 15 is 0 Å². The van der Waals surface area contributed by atoms with E-state index in [0.717, 1.165) is 25.7 Å². The van der Waals surface area contributed by atoms with Gasteiger partial charge in [0, 0.05) is 12.1 Å². The van der Waals surface area contributed by atoms with Gasteiger partial charge in [-0.1, -0.05) is 51.4 Å². The van der Waals surface area contributed by atoms with E-state index in [2.05, 4.69) is 16.0 Å². The number of amides is 3. The fraction of sp³-hybridized carbons (Fsp3) is 0.889. The van der Waals surface area contributed by atoms with Crippen molar-refractivity contribution < 1.29 is 9.59 Å². The van der Waals surface area contributed by atoms with Crippen LogP contribution in [0.15, 0.2) is 0 Å². The first-order valence-electron chi connectivity index (χ1n) is 9.52. The van der Waals surface area contributed by atoms with Crippen molar-refractivity contribution in [1.82, 2.24) is 16.0 Å². The van der Waals surface area contributed by atoms with Gasteiger partial charge in [-0.3, -0.25) is 10.1 Å². The Bertz CT molecular complexity index is 372. The highest BCUT2D eigenvalue weighted by atomic mass is 16.2. The first-order valence-corrected chi connectivity index (χ1v) is 9.52. The normalized spacial score (nSPS) is 22.7. The van der Waals surface area contributed by atoms with E-state index in [4.69, 9.17) is 0 Å². The molecule has 2 saturated carbocycles. The average molecular weight is 323 g/mol. The lowest BCUT2D eigenvalue weighted by atomic mass is 9.96. The first-order chi connectivity index (χ1) is 11.1. The van der Waals surface area contributed by atoms with Crippen molar-refractivity contribution in [2.45, 2.75) is 102 Å². The molecule has 0 bridgehead atoms. The Balaban J connectivity index is 1.69. The minimum atomic E-state index is -0.340. The zero-order valence-electron chi connectivity index (χ0n) is 14.5. The van der Waals surface area contributed by atoms with Crippen LogP contribution in [0.4, 0.5) is 4.79 Å². The molecule has 3 amide bonds. The van der Waals surface area contributed by atoms with Crippen LogP contribution in [0.3, 0.4) is 0 Å². The van der Waals surface area contributed by atoms with Crippen molar-refractivity contribution in [2.75, 3.05) is 0 Å². The van der Waals surface area contributed by atoms with Crippen LogP contribution in [-0.2, 0) is 4.79 Å². The number of urea groups is 1. The molecule has 5 heteroatoms. The van der Waals surface area contributed by atoms with E-state index in [1.165, 1.54) is 51.4 Å². The van der Waals surface area contributed by atoms with Gasteiger partial charge >= 0.3 is 6.03 Å². The van der Waals surface area contributed by atoms with Crippen LogP contribution in [0.2, 0.25) is 0 Å². The molecule has 0 aromatic rings. The summed E-state index contributed by atoms with van der Waals surface area (Å²) in [7, 11) is 0. The summed E-state index contributed by atoms with van der Waals surface area (Å²) in [5.74, 6) is -0.222. The molecular weight excluding hydrogens is 290 g/mol. The number of imide groups is 1. The number of nitrogens with one attached hydrogen (secondary N) is 3. The first kappa shape index (κ1) is 18.2. The lowest BCUT2D eigenvalue weighted by Gasteiger charge is -2.25. The quantitative estimate of drug-likeness (QED) is 0.744. The number of carbonyl (C=O) groups is 2. The Morgan fingerprint density at radius 2 is 1.26 bits per heavy atom. The fourth-order valence-electron chi connectivity index (χ4n) is 3.74. The standard InChI is InChI=1S/C18H33N3O2/c1-14(19-15-10-6-3-2-4-7-11-15)17(22)21-18(23)20-16-12-8-5-9-13-16/h14-16,19H,2-13H2,1H3,(H2,20,21,22,23)/t14-/m1/s1. The molecule has 0 radical (unpaired) electrons. The van der Waals surface area contributed by atoms with Crippen molar-refractivity contribution in [3.63, 3.8) is 0 Å². The van der Waals surface area contributed by atoms with Gasteiger partial charge in [-0.2, -0.15) is 0 Å². The second kappa shape index (κ2) is 9.91. The van der Waals surface area contributed by atoms with Gasteiger partial charge in [0.15, 0.2) is 0 Å². The van der Waals surface area contributed by atoms with Crippen LogP contribution in [0.1, 0.15) is 84.0 Å². The van der Waals surface area contributed by atoms with E-state index in [0.29, 0.717) is 6.04 Å². The summed E-state index contributed by atoms with van der Waals surface area (Å²) in [5, 5.41) is 8.82. The van der Waals surface area contributed by atoms with Crippen molar-refractivity contribution >= 4 is 11.9 Å². The van der Waals surface area contributed by atoms with Gasteiger partial charge in [0.05, 0.1) is 6.04 Å². The summed E-state index contributed by atoms with van der Waals surface area (Å²) >= 11 is 0. The van der Waals surface area contributed by atoms with Gasteiger partial charge in [-0.15, -0.1) is 0 Å². The second-order valence-corrected chi connectivity index (χ2v) is 7.23. The van der Waals surface area contributed by atoms with E-state index < -0.39 is 0 Å². The predicted molar refractivity (Wildman–Crippen MR) is 92.3 cm³/mol. The molecule has 2 rings (SSSR count). The third kappa shape index (κ3) is 6.90. The van der Waals surface area contributed by atoms with Gasteiger partial charge in [-0.05, 0) is 32.6 Å². The topological polar surface area (TPSA) is 70.2 Å². The highest BCUT2D eigenvalue weighted by Gasteiger charge is 2.22. The zero-order chi connectivity index (χ0) is 16.5. The molecule has 1 atom stereocenters. The smallest absolute Gasteiger partial charge is 0.321 e. The Labute approximate surface area is 140 Å². The molecule has 5 nitrogen and oxygen atoms in total. The lowest BCUT2D eigenvalue weighted by molar-refractivity contribution is -0.121. The van der Waals surface area contributed by atoms with E-state index in [1.807, 2.05) is 6.92 Å². The van der Waals surface area contributed by atoms with E-state index in [9.17, 15) is 9.59 Å². The number of hydrogen-bond acceptors (Lipinski definition) is 3. The Morgan fingerprint density at radius 1 is 0.783 bits per heavy atom. The maximum atomic E-state index is 12.2. The predicted octanol–water partition coefficient (Wildman–Crippen LogP) is 3.24. The van der Waals surface area contributed by atoms with Gasteiger partial charge in [-0.25, -0.2) is 4.79 Å². The summed E-state index contributed by atoms with van der Waals surface area (Å²) in [4.78, 5) is 24.1. The largest absolute Gasteiger partial charge is 0.335 e. The molecule has 0 spiro atoms.